The largest absolute Gasteiger partial charge is 0.392 e. The fourth-order valence-electron chi connectivity index (χ4n) is 4.32. The first-order chi connectivity index (χ1) is 10.6. The molecule has 2 fully saturated rings. The molecule has 2 N–H and O–H groups in total. The minimum atomic E-state index is -5.43. The lowest BCUT2D eigenvalue weighted by Gasteiger charge is -2.52. The van der Waals surface area contributed by atoms with E-state index in [4.69, 9.17) is 9.29 Å². The van der Waals surface area contributed by atoms with E-state index >= 15 is 0 Å². The van der Waals surface area contributed by atoms with Crippen LogP contribution in [0.1, 0.15) is 51.9 Å². The second kappa shape index (κ2) is 6.90. The number of rotatable bonds is 7. The van der Waals surface area contributed by atoms with E-state index in [0.717, 1.165) is 38.5 Å². The highest BCUT2D eigenvalue weighted by molar-refractivity contribution is 7.86. The minimum Gasteiger partial charge on any atom is -0.389 e. The molecular formula is C15H26F2O5S. The SMILES string of the molecule is CCC1(O)C2CCCC1CC(CCOCC(F)(F)S(=O)(=O)O)C2. The van der Waals surface area contributed by atoms with Crippen molar-refractivity contribution in [2.45, 2.75) is 62.7 Å². The molecule has 2 aliphatic carbocycles. The van der Waals surface area contributed by atoms with Gasteiger partial charge in [0.2, 0.25) is 0 Å². The number of halogens is 2. The van der Waals surface area contributed by atoms with Gasteiger partial charge in [0.15, 0.2) is 0 Å². The van der Waals surface area contributed by atoms with Crippen molar-refractivity contribution in [3.63, 3.8) is 0 Å². The second-order valence-corrected chi connectivity index (χ2v) is 8.51. The first-order valence-corrected chi connectivity index (χ1v) is 9.69. The van der Waals surface area contributed by atoms with Crippen molar-refractivity contribution in [1.29, 1.82) is 0 Å². The Labute approximate surface area is 136 Å². The number of fused-ring (bicyclic) bond motifs is 2. The third kappa shape index (κ3) is 4.03. The molecule has 5 nitrogen and oxygen atoms in total. The topological polar surface area (TPSA) is 83.8 Å². The van der Waals surface area contributed by atoms with Crippen LogP contribution in [0.5, 0.6) is 0 Å². The van der Waals surface area contributed by atoms with Crippen LogP contribution >= 0.6 is 0 Å². The van der Waals surface area contributed by atoms with Crippen molar-refractivity contribution in [2.75, 3.05) is 13.2 Å². The van der Waals surface area contributed by atoms with Gasteiger partial charge in [-0.25, -0.2) is 0 Å². The van der Waals surface area contributed by atoms with Gasteiger partial charge >= 0.3 is 15.4 Å². The Morgan fingerprint density at radius 2 is 1.83 bits per heavy atom. The van der Waals surface area contributed by atoms with Crippen LogP contribution in [0.4, 0.5) is 8.78 Å². The molecule has 136 valence electrons. The van der Waals surface area contributed by atoms with Crippen LogP contribution in [0, 0.1) is 17.8 Å². The van der Waals surface area contributed by atoms with Crippen LogP contribution in [-0.4, -0.2) is 42.1 Å². The van der Waals surface area contributed by atoms with Gasteiger partial charge in [0.25, 0.3) is 0 Å². The summed E-state index contributed by atoms with van der Waals surface area (Å²) in [6, 6.07) is 0. The zero-order valence-electron chi connectivity index (χ0n) is 13.4. The summed E-state index contributed by atoms with van der Waals surface area (Å²) in [7, 11) is -5.43. The van der Waals surface area contributed by atoms with E-state index in [-0.39, 0.29) is 18.4 Å². The number of aliphatic hydroxyl groups is 1. The lowest BCUT2D eigenvalue weighted by atomic mass is 9.57. The average Bonchev–Trinajstić information content (AvgIpc) is 2.43. The van der Waals surface area contributed by atoms with Crippen molar-refractivity contribution in [3.8, 4) is 0 Å². The predicted octanol–water partition coefficient (Wildman–Crippen LogP) is 2.84. The summed E-state index contributed by atoms with van der Waals surface area (Å²) >= 11 is 0. The summed E-state index contributed by atoms with van der Waals surface area (Å²) in [6.07, 6.45) is 6.15. The normalized spacial score (nSPS) is 35.3. The molecule has 2 unspecified atom stereocenters. The smallest absolute Gasteiger partial charge is 0.389 e. The molecule has 0 amide bonds. The highest BCUT2D eigenvalue weighted by Gasteiger charge is 2.49. The van der Waals surface area contributed by atoms with Crippen LogP contribution in [0.15, 0.2) is 0 Å². The van der Waals surface area contributed by atoms with Crippen LogP contribution in [0.25, 0.3) is 0 Å². The standard InChI is InChI=1S/C15H26F2O5S/c1-2-14(18)12-4-3-5-13(14)9-11(8-12)6-7-22-10-15(16,17)23(19,20)21/h11-13,18H,2-10H2,1H3,(H,19,20,21). The molecule has 0 saturated heterocycles. The van der Waals surface area contributed by atoms with E-state index in [1.165, 1.54) is 0 Å². The van der Waals surface area contributed by atoms with Crippen LogP contribution in [-0.2, 0) is 14.9 Å². The van der Waals surface area contributed by atoms with Crippen LogP contribution in [0.3, 0.4) is 0 Å². The molecule has 2 bridgehead atoms. The molecule has 2 rings (SSSR count). The fourth-order valence-corrected chi connectivity index (χ4v) is 4.55. The van der Waals surface area contributed by atoms with Gasteiger partial charge in [-0.2, -0.15) is 17.2 Å². The summed E-state index contributed by atoms with van der Waals surface area (Å²) in [6.45, 7) is 0.705. The second-order valence-electron chi connectivity index (χ2n) is 6.96. The summed E-state index contributed by atoms with van der Waals surface area (Å²) in [5.74, 6) is 0.810. The number of hydrogen-bond acceptors (Lipinski definition) is 4. The zero-order valence-corrected chi connectivity index (χ0v) is 14.2. The molecule has 0 spiro atoms. The molecule has 0 radical (unpaired) electrons. The van der Waals surface area contributed by atoms with Crippen molar-refractivity contribution in [3.05, 3.63) is 0 Å². The van der Waals surface area contributed by atoms with E-state index in [1.807, 2.05) is 6.92 Å². The Balaban J connectivity index is 1.80. The van der Waals surface area contributed by atoms with Gasteiger partial charge < -0.3 is 9.84 Å². The third-order valence-corrected chi connectivity index (χ3v) is 6.51. The Kier molecular flexibility index (Phi) is 5.70. The quantitative estimate of drug-likeness (QED) is 0.541. The summed E-state index contributed by atoms with van der Waals surface area (Å²) in [5, 5.41) is 6.55. The minimum absolute atomic E-state index is 0.0275. The number of ether oxygens (including phenoxy) is 1. The third-order valence-electron chi connectivity index (χ3n) is 5.64. The molecule has 0 aliphatic heterocycles. The zero-order chi connectivity index (χ0) is 17.3. The van der Waals surface area contributed by atoms with Crippen molar-refractivity contribution in [1.82, 2.24) is 0 Å². The molecule has 2 atom stereocenters. The van der Waals surface area contributed by atoms with E-state index < -0.39 is 27.6 Å². The van der Waals surface area contributed by atoms with Gasteiger partial charge in [-0.3, -0.25) is 4.55 Å². The molecule has 2 saturated carbocycles. The van der Waals surface area contributed by atoms with Crippen molar-refractivity contribution < 1.29 is 31.6 Å². The monoisotopic (exact) mass is 356 g/mol. The maximum Gasteiger partial charge on any atom is 0.392 e. The Bertz CT molecular complexity index is 494. The average molecular weight is 356 g/mol. The van der Waals surface area contributed by atoms with Gasteiger partial charge in [0, 0.05) is 6.61 Å². The molecule has 0 heterocycles. The first kappa shape index (κ1) is 19.0. The maximum atomic E-state index is 13.0. The highest BCUT2D eigenvalue weighted by Crippen LogP contribution is 2.51. The van der Waals surface area contributed by atoms with E-state index in [9.17, 15) is 22.3 Å². The first-order valence-electron chi connectivity index (χ1n) is 8.25. The van der Waals surface area contributed by atoms with Gasteiger partial charge in [-0.1, -0.05) is 13.3 Å². The van der Waals surface area contributed by atoms with Crippen LogP contribution in [0.2, 0.25) is 0 Å². The van der Waals surface area contributed by atoms with Gasteiger partial charge in [-0.15, -0.1) is 0 Å². The molecule has 0 aromatic carbocycles. The molecule has 0 aromatic heterocycles. The predicted molar refractivity (Wildman–Crippen MR) is 80.7 cm³/mol. The van der Waals surface area contributed by atoms with Crippen molar-refractivity contribution in [2.24, 2.45) is 17.8 Å². The molecule has 2 aliphatic rings. The summed E-state index contributed by atoms with van der Waals surface area (Å²) in [5.41, 5.74) is -0.590. The molecule has 8 heteroatoms. The van der Waals surface area contributed by atoms with Gasteiger partial charge in [0.05, 0.1) is 5.60 Å². The molecule has 0 aromatic rings. The number of alkyl halides is 2. The Hall–Kier alpha value is -0.310. The van der Waals surface area contributed by atoms with Gasteiger partial charge in [-0.05, 0) is 56.3 Å². The lowest BCUT2D eigenvalue weighted by molar-refractivity contribution is -0.137. The maximum absolute atomic E-state index is 13.0. The Morgan fingerprint density at radius 3 is 2.30 bits per heavy atom. The van der Waals surface area contributed by atoms with E-state index in [0.29, 0.717) is 12.3 Å². The summed E-state index contributed by atoms with van der Waals surface area (Å²) < 4.78 is 60.2. The van der Waals surface area contributed by atoms with Crippen molar-refractivity contribution >= 4 is 10.1 Å². The lowest BCUT2D eigenvalue weighted by Crippen LogP contribution is -2.52. The van der Waals surface area contributed by atoms with Crippen LogP contribution < -0.4 is 0 Å². The summed E-state index contributed by atoms with van der Waals surface area (Å²) in [4.78, 5) is 0. The Morgan fingerprint density at radius 1 is 1.26 bits per heavy atom. The number of hydrogen-bond donors (Lipinski definition) is 2. The van der Waals surface area contributed by atoms with Gasteiger partial charge in [0.1, 0.15) is 6.61 Å². The molecular weight excluding hydrogens is 330 g/mol. The van der Waals surface area contributed by atoms with E-state index in [2.05, 4.69) is 0 Å². The molecule has 23 heavy (non-hydrogen) atoms. The fraction of sp³-hybridized carbons (Fsp3) is 1.00. The van der Waals surface area contributed by atoms with E-state index in [1.54, 1.807) is 0 Å². The highest BCUT2D eigenvalue weighted by atomic mass is 32.2.